The summed E-state index contributed by atoms with van der Waals surface area (Å²) in [5.74, 6) is 0.553. The van der Waals surface area contributed by atoms with Gasteiger partial charge in [0.05, 0.1) is 31.3 Å². The van der Waals surface area contributed by atoms with Crippen molar-refractivity contribution in [3.05, 3.63) is 17.1 Å². The van der Waals surface area contributed by atoms with Crippen LogP contribution < -0.4 is 4.57 Å². The maximum absolute atomic E-state index is 5.95. The highest BCUT2D eigenvalue weighted by Crippen LogP contribution is 2.21. The van der Waals surface area contributed by atoms with Crippen molar-refractivity contribution >= 4 is 11.3 Å². The Morgan fingerprint density at radius 2 is 1.18 bits per heavy atom. The van der Waals surface area contributed by atoms with Crippen molar-refractivity contribution in [2.24, 2.45) is 5.92 Å². The predicted octanol–water partition coefficient (Wildman–Crippen LogP) is 9.69. The van der Waals surface area contributed by atoms with E-state index in [1.54, 1.807) is 11.3 Å². The lowest BCUT2D eigenvalue weighted by molar-refractivity contribution is -0.692. The maximum Gasteiger partial charge on any atom is 0.224 e. The van der Waals surface area contributed by atoms with Crippen molar-refractivity contribution in [1.29, 1.82) is 0 Å². The topological polar surface area (TPSA) is 31.6 Å². The molecule has 5 heteroatoms. The van der Waals surface area contributed by atoms with Crippen LogP contribution in [0.15, 0.2) is 17.1 Å². The smallest absolute Gasteiger partial charge is 0.224 e. The van der Waals surface area contributed by atoms with E-state index in [2.05, 4.69) is 28.6 Å². The van der Waals surface area contributed by atoms with Gasteiger partial charge in [0.15, 0.2) is 6.20 Å². The van der Waals surface area contributed by atoms with Gasteiger partial charge in [-0.2, -0.15) is 4.57 Å². The zero-order chi connectivity index (χ0) is 27.5. The van der Waals surface area contributed by atoms with Gasteiger partial charge in [-0.05, 0) is 25.7 Å². The third kappa shape index (κ3) is 21.0. The Labute approximate surface area is 246 Å². The molecule has 0 amide bonds. The Morgan fingerprint density at radius 3 is 1.72 bits per heavy atom. The molecule has 0 bridgehead atoms. The van der Waals surface area contributed by atoms with E-state index >= 15 is 0 Å². The minimum Gasteiger partial charge on any atom is -0.381 e. The fourth-order valence-corrected chi connectivity index (χ4v) is 6.28. The number of hydrogen-bond acceptors (Lipinski definition) is 4. The lowest BCUT2D eigenvalue weighted by Gasteiger charge is -2.11. The van der Waals surface area contributed by atoms with E-state index < -0.39 is 0 Å². The van der Waals surface area contributed by atoms with Crippen LogP contribution in [0.2, 0.25) is 0 Å². The molecule has 2 rings (SSSR count). The minimum atomic E-state index is 0.278. The summed E-state index contributed by atoms with van der Waals surface area (Å²) >= 11 is 1.77. The SMILES string of the molecule is CCCCCCCCCCCCCCCCCCOC[C@@H]1C[C@@H](COCCCCCCC[n+]2ccsc2)CO1. The molecule has 1 aliphatic heterocycles. The highest BCUT2D eigenvalue weighted by atomic mass is 32.1. The van der Waals surface area contributed by atoms with E-state index in [4.69, 9.17) is 14.2 Å². The Kier molecular flexibility index (Phi) is 23.5. The van der Waals surface area contributed by atoms with Crippen LogP contribution in [0.4, 0.5) is 0 Å². The molecule has 0 aliphatic carbocycles. The highest BCUT2D eigenvalue weighted by Gasteiger charge is 2.25. The van der Waals surface area contributed by atoms with E-state index in [1.807, 2.05) is 0 Å². The van der Waals surface area contributed by atoms with E-state index in [1.165, 1.54) is 135 Å². The monoisotopic (exact) mass is 566 g/mol. The fraction of sp³-hybridized carbons (Fsp3) is 0.912. The van der Waals surface area contributed by atoms with Crippen molar-refractivity contribution in [2.45, 2.75) is 161 Å². The highest BCUT2D eigenvalue weighted by molar-refractivity contribution is 7.07. The molecular weight excluding hydrogens is 502 g/mol. The van der Waals surface area contributed by atoms with Gasteiger partial charge in [-0.15, -0.1) is 0 Å². The van der Waals surface area contributed by atoms with Crippen LogP contribution in [-0.2, 0) is 20.8 Å². The zero-order valence-electron chi connectivity index (χ0n) is 25.8. The van der Waals surface area contributed by atoms with Gasteiger partial charge in [-0.25, -0.2) is 0 Å². The van der Waals surface area contributed by atoms with E-state index in [0.29, 0.717) is 5.92 Å². The second-order valence-corrected chi connectivity index (χ2v) is 12.8. The fourth-order valence-electron chi connectivity index (χ4n) is 5.65. The van der Waals surface area contributed by atoms with Crippen LogP contribution in [0.1, 0.15) is 148 Å². The van der Waals surface area contributed by atoms with Gasteiger partial charge >= 0.3 is 0 Å². The third-order valence-corrected chi connectivity index (χ3v) is 8.87. The average molecular weight is 567 g/mol. The first-order valence-corrected chi connectivity index (χ1v) is 18.0. The number of rotatable bonds is 29. The second-order valence-electron chi connectivity index (χ2n) is 12.0. The van der Waals surface area contributed by atoms with Crippen LogP contribution in [0, 0.1) is 5.92 Å². The standard InChI is InChI=1S/C34H64NO3S/c1-2-3-4-5-6-7-8-9-10-11-12-13-14-15-18-22-26-37-31-34-28-33(30-38-34)29-36-25-21-19-16-17-20-23-35-24-27-39-32-35/h24,27,32-34H,2-23,25-26,28-31H2,1H3/q+1/t33-,34-/m0/s1. The summed E-state index contributed by atoms with van der Waals surface area (Å²) < 4.78 is 20.1. The molecular formula is C34H64NO3S+. The van der Waals surface area contributed by atoms with Crippen molar-refractivity contribution in [3.8, 4) is 0 Å². The molecule has 0 spiro atoms. The number of unbranched alkanes of at least 4 members (excludes halogenated alkanes) is 19. The number of aromatic nitrogens is 1. The van der Waals surface area contributed by atoms with Crippen molar-refractivity contribution in [1.82, 2.24) is 0 Å². The zero-order valence-corrected chi connectivity index (χ0v) is 26.6. The Hall–Kier alpha value is -0.490. The quantitative estimate of drug-likeness (QED) is 0.0714. The van der Waals surface area contributed by atoms with Crippen molar-refractivity contribution in [2.75, 3.05) is 33.0 Å². The first-order chi connectivity index (χ1) is 19.4. The molecule has 0 saturated carbocycles. The Balaban J connectivity index is 1.23. The molecule has 39 heavy (non-hydrogen) atoms. The lowest BCUT2D eigenvalue weighted by Crippen LogP contribution is -2.29. The summed E-state index contributed by atoms with van der Waals surface area (Å²) in [6.45, 7) is 7.70. The molecule has 228 valence electrons. The normalized spacial score (nSPS) is 17.4. The number of nitrogens with zero attached hydrogens (tertiary/aromatic N) is 1. The Bertz CT molecular complexity index is 612. The maximum atomic E-state index is 5.95. The first kappa shape index (κ1) is 34.7. The van der Waals surface area contributed by atoms with Gasteiger partial charge < -0.3 is 14.2 Å². The summed E-state index contributed by atoms with van der Waals surface area (Å²) in [6, 6.07) is 0. The summed E-state index contributed by atoms with van der Waals surface area (Å²) in [4.78, 5) is 0. The molecule has 0 N–H and O–H groups in total. The van der Waals surface area contributed by atoms with Gasteiger partial charge in [-0.3, -0.25) is 0 Å². The van der Waals surface area contributed by atoms with Crippen LogP contribution >= 0.6 is 11.3 Å². The van der Waals surface area contributed by atoms with Crippen LogP contribution in [0.5, 0.6) is 0 Å². The van der Waals surface area contributed by atoms with Gasteiger partial charge in [0.1, 0.15) is 6.54 Å². The van der Waals surface area contributed by atoms with Crippen LogP contribution in [-0.4, -0.2) is 39.1 Å². The van der Waals surface area contributed by atoms with E-state index in [9.17, 15) is 0 Å². The molecule has 1 aromatic heterocycles. The number of aryl methyl sites for hydroxylation is 1. The lowest BCUT2D eigenvalue weighted by atomic mass is 10.0. The van der Waals surface area contributed by atoms with Crippen molar-refractivity contribution in [3.63, 3.8) is 0 Å². The molecule has 1 aliphatic rings. The summed E-state index contributed by atoms with van der Waals surface area (Å²) in [5, 5.41) is 2.14. The molecule has 1 fully saturated rings. The molecule has 4 nitrogen and oxygen atoms in total. The summed E-state index contributed by atoms with van der Waals surface area (Å²) in [5.41, 5.74) is 2.19. The molecule has 0 unspecified atom stereocenters. The summed E-state index contributed by atoms with van der Waals surface area (Å²) in [7, 11) is 0. The Morgan fingerprint density at radius 1 is 0.667 bits per heavy atom. The molecule has 2 atom stereocenters. The van der Waals surface area contributed by atoms with Crippen LogP contribution in [0.25, 0.3) is 0 Å². The molecule has 0 aromatic carbocycles. The first-order valence-electron chi connectivity index (χ1n) is 17.1. The largest absolute Gasteiger partial charge is 0.381 e. The third-order valence-electron chi connectivity index (χ3n) is 8.20. The van der Waals surface area contributed by atoms with E-state index in [0.717, 1.165) is 46.0 Å². The van der Waals surface area contributed by atoms with E-state index in [-0.39, 0.29) is 6.10 Å². The number of thiazole rings is 1. The predicted molar refractivity (Wildman–Crippen MR) is 167 cm³/mol. The van der Waals surface area contributed by atoms with Gasteiger partial charge in [0, 0.05) is 25.6 Å². The van der Waals surface area contributed by atoms with Crippen LogP contribution in [0.3, 0.4) is 0 Å². The minimum absolute atomic E-state index is 0.278. The molecule has 1 aromatic rings. The van der Waals surface area contributed by atoms with Gasteiger partial charge in [0.2, 0.25) is 5.51 Å². The second kappa shape index (κ2) is 26.4. The molecule has 1 saturated heterocycles. The van der Waals surface area contributed by atoms with Crippen molar-refractivity contribution < 1.29 is 18.8 Å². The average Bonchev–Trinajstić information content (AvgIpc) is 3.64. The van der Waals surface area contributed by atoms with Gasteiger partial charge in [0.25, 0.3) is 0 Å². The number of hydrogen-bond donors (Lipinski definition) is 0. The molecule has 2 heterocycles. The van der Waals surface area contributed by atoms with Gasteiger partial charge in [-0.1, -0.05) is 127 Å². The number of ether oxygens (including phenoxy) is 3. The summed E-state index contributed by atoms with van der Waals surface area (Å²) in [6.07, 6.45) is 32.5. The molecule has 0 radical (unpaired) electrons.